The molecular weight excluding hydrogens is 296 g/mol. The molecule has 0 heterocycles. The number of nitrogens with one attached hydrogen (secondary N) is 2. The largest absolute Gasteiger partial charge is 0.378 e. The van der Waals surface area contributed by atoms with Gasteiger partial charge >= 0.3 is 0 Å². The molecule has 0 radical (unpaired) electrons. The molecule has 0 aliphatic rings. The van der Waals surface area contributed by atoms with Gasteiger partial charge in [0.15, 0.2) is 0 Å². The molecule has 2 atom stereocenters. The van der Waals surface area contributed by atoms with E-state index < -0.39 is 0 Å². The third-order valence-corrected chi connectivity index (χ3v) is 3.70. The van der Waals surface area contributed by atoms with Crippen LogP contribution in [0.4, 0.5) is 0 Å². The van der Waals surface area contributed by atoms with Crippen LogP contribution in [0.1, 0.15) is 40.5 Å². The van der Waals surface area contributed by atoms with Crippen LogP contribution in [0.2, 0.25) is 0 Å². The van der Waals surface area contributed by atoms with Gasteiger partial charge in [0, 0.05) is 25.0 Å². The van der Waals surface area contributed by atoms with E-state index in [0.29, 0.717) is 52.2 Å². The van der Waals surface area contributed by atoms with Crippen molar-refractivity contribution in [2.45, 2.75) is 46.6 Å². The van der Waals surface area contributed by atoms with Crippen LogP contribution >= 0.6 is 0 Å². The SMILES string of the molecule is CCC(C)NCCOCCOCCOCCNC(=O)C(C)CC. The summed E-state index contributed by atoms with van der Waals surface area (Å²) in [6, 6.07) is 0.543. The molecule has 2 N–H and O–H groups in total. The quantitative estimate of drug-likeness (QED) is 0.420. The van der Waals surface area contributed by atoms with Crippen LogP contribution in [0.3, 0.4) is 0 Å². The second-order valence-corrected chi connectivity index (χ2v) is 5.70. The Kier molecular flexibility index (Phi) is 15.7. The molecule has 0 aromatic rings. The van der Waals surface area contributed by atoms with E-state index >= 15 is 0 Å². The highest BCUT2D eigenvalue weighted by molar-refractivity contribution is 5.78. The highest BCUT2D eigenvalue weighted by atomic mass is 16.5. The van der Waals surface area contributed by atoms with Crippen molar-refractivity contribution in [1.29, 1.82) is 0 Å². The van der Waals surface area contributed by atoms with Gasteiger partial charge in [-0.3, -0.25) is 4.79 Å². The second kappa shape index (κ2) is 16.2. The van der Waals surface area contributed by atoms with Crippen LogP contribution in [-0.4, -0.2) is 64.7 Å². The van der Waals surface area contributed by atoms with Crippen LogP contribution in [0, 0.1) is 5.92 Å². The molecule has 6 heteroatoms. The number of carbonyl (C=O) groups excluding carboxylic acids is 1. The molecule has 0 aliphatic carbocycles. The lowest BCUT2D eigenvalue weighted by Crippen LogP contribution is -2.31. The maximum atomic E-state index is 11.5. The van der Waals surface area contributed by atoms with Crippen molar-refractivity contribution in [3.63, 3.8) is 0 Å². The van der Waals surface area contributed by atoms with E-state index in [2.05, 4.69) is 24.5 Å². The lowest BCUT2D eigenvalue weighted by molar-refractivity contribution is -0.124. The number of carbonyl (C=O) groups is 1. The molecule has 0 aliphatic heterocycles. The number of hydrogen-bond acceptors (Lipinski definition) is 5. The Labute approximate surface area is 141 Å². The minimum absolute atomic E-state index is 0.0683. The van der Waals surface area contributed by atoms with Crippen molar-refractivity contribution < 1.29 is 19.0 Å². The van der Waals surface area contributed by atoms with Gasteiger partial charge in [0.2, 0.25) is 5.91 Å². The minimum atomic E-state index is 0.0683. The normalized spacial score (nSPS) is 13.7. The molecule has 0 spiro atoms. The first-order valence-corrected chi connectivity index (χ1v) is 8.86. The first kappa shape index (κ1) is 22.3. The minimum Gasteiger partial charge on any atom is -0.378 e. The van der Waals surface area contributed by atoms with Gasteiger partial charge in [-0.15, -0.1) is 0 Å². The highest BCUT2D eigenvalue weighted by Crippen LogP contribution is 1.98. The molecule has 138 valence electrons. The van der Waals surface area contributed by atoms with Gasteiger partial charge < -0.3 is 24.8 Å². The number of amides is 1. The Morgan fingerprint density at radius 3 is 1.87 bits per heavy atom. The van der Waals surface area contributed by atoms with Gasteiger partial charge in [-0.1, -0.05) is 20.8 Å². The van der Waals surface area contributed by atoms with E-state index in [4.69, 9.17) is 14.2 Å². The van der Waals surface area contributed by atoms with Crippen LogP contribution in [-0.2, 0) is 19.0 Å². The lowest BCUT2D eigenvalue weighted by Gasteiger charge is -2.11. The fourth-order valence-corrected chi connectivity index (χ4v) is 1.67. The smallest absolute Gasteiger partial charge is 0.222 e. The lowest BCUT2D eigenvalue weighted by atomic mass is 10.1. The van der Waals surface area contributed by atoms with E-state index in [9.17, 15) is 4.79 Å². The zero-order chi connectivity index (χ0) is 17.3. The van der Waals surface area contributed by atoms with Crippen molar-refractivity contribution in [1.82, 2.24) is 10.6 Å². The Bertz CT molecular complexity index is 277. The number of hydrogen-bond donors (Lipinski definition) is 2. The molecule has 1 amide bonds. The van der Waals surface area contributed by atoms with Crippen molar-refractivity contribution in [2.24, 2.45) is 5.92 Å². The standard InChI is InChI=1S/C17H36N2O4/c1-5-15(3)17(20)19-8-10-22-12-14-23-13-11-21-9-7-18-16(4)6-2/h15-16,18H,5-14H2,1-4H3,(H,19,20). The maximum absolute atomic E-state index is 11.5. The topological polar surface area (TPSA) is 68.8 Å². The predicted molar refractivity (Wildman–Crippen MR) is 92.7 cm³/mol. The second-order valence-electron chi connectivity index (χ2n) is 5.70. The van der Waals surface area contributed by atoms with Gasteiger partial charge in [-0.05, 0) is 19.8 Å². The molecule has 0 rings (SSSR count). The fourth-order valence-electron chi connectivity index (χ4n) is 1.67. The van der Waals surface area contributed by atoms with E-state index in [1.165, 1.54) is 0 Å². The average molecular weight is 332 g/mol. The summed E-state index contributed by atoms with van der Waals surface area (Å²) in [4.78, 5) is 11.5. The van der Waals surface area contributed by atoms with Crippen molar-refractivity contribution >= 4 is 5.91 Å². The maximum Gasteiger partial charge on any atom is 0.222 e. The zero-order valence-corrected chi connectivity index (χ0v) is 15.4. The van der Waals surface area contributed by atoms with E-state index in [-0.39, 0.29) is 11.8 Å². The average Bonchev–Trinajstić information content (AvgIpc) is 2.57. The van der Waals surface area contributed by atoms with Gasteiger partial charge in [0.1, 0.15) is 0 Å². The third-order valence-electron chi connectivity index (χ3n) is 3.70. The molecule has 0 bridgehead atoms. The number of ether oxygens (including phenoxy) is 3. The first-order valence-electron chi connectivity index (χ1n) is 8.86. The molecule has 0 aromatic carbocycles. The summed E-state index contributed by atoms with van der Waals surface area (Å²) in [5.74, 6) is 0.158. The van der Waals surface area contributed by atoms with Crippen molar-refractivity contribution in [2.75, 3.05) is 52.7 Å². The molecule has 0 saturated carbocycles. The summed E-state index contributed by atoms with van der Waals surface area (Å²) in [7, 11) is 0. The Morgan fingerprint density at radius 2 is 1.35 bits per heavy atom. The molecule has 2 unspecified atom stereocenters. The predicted octanol–water partition coefficient (Wildman–Crippen LogP) is 1.59. The number of rotatable bonds is 16. The summed E-state index contributed by atoms with van der Waals surface area (Å²) in [5.41, 5.74) is 0. The Balaban J connectivity index is 3.15. The highest BCUT2D eigenvalue weighted by Gasteiger charge is 2.08. The van der Waals surface area contributed by atoms with Crippen LogP contribution < -0.4 is 10.6 Å². The molecule has 0 fully saturated rings. The molecule has 23 heavy (non-hydrogen) atoms. The third kappa shape index (κ3) is 14.6. The van der Waals surface area contributed by atoms with Gasteiger partial charge in [0.25, 0.3) is 0 Å². The summed E-state index contributed by atoms with van der Waals surface area (Å²) in [5, 5.41) is 6.21. The van der Waals surface area contributed by atoms with Crippen molar-refractivity contribution in [3.05, 3.63) is 0 Å². The summed E-state index contributed by atoms with van der Waals surface area (Å²) >= 11 is 0. The van der Waals surface area contributed by atoms with Crippen LogP contribution in [0.15, 0.2) is 0 Å². The monoisotopic (exact) mass is 332 g/mol. The fraction of sp³-hybridized carbons (Fsp3) is 0.941. The summed E-state index contributed by atoms with van der Waals surface area (Å²) in [6.45, 7) is 13.2. The molecular formula is C17H36N2O4. The van der Waals surface area contributed by atoms with Gasteiger partial charge in [0.05, 0.1) is 39.6 Å². The van der Waals surface area contributed by atoms with E-state index in [1.807, 2.05) is 13.8 Å². The van der Waals surface area contributed by atoms with Crippen LogP contribution in [0.25, 0.3) is 0 Å². The Hall–Kier alpha value is -0.690. The van der Waals surface area contributed by atoms with Gasteiger partial charge in [-0.2, -0.15) is 0 Å². The first-order chi connectivity index (χ1) is 11.1. The van der Waals surface area contributed by atoms with E-state index in [1.54, 1.807) is 0 Å². The van der Waals surface area contributed by atoms with E-state index in [0.717, 1.165) is 19.4 Å². The molecule has 6 nitrogen and oxygen atoms in total. The van der Waals surface area contributed by atoms with Gasteiger partial charge in [-0.25, -0.2) is 0 Å². The van der Waals surface area contributed by atoms with Crippen LogP contribution in [0.5, 0.6) is 0 Å². The Morgan fingerprint density at radius 1 is 0.826 bits per heavy atom. The molecule has 0 aromatic heterocycles. The zero-order valence-electron chi connectivity index (χ0n) is 15.4. The summed E-state index contributed by atoms with van der Waals surface area (Å²) in [6.07, 6.45) is 1.99. The summed E-state index contributed by atoms with van der Waals surface area (Å²) < 4.78 is 16.3. The van der Waals surface area contributed by atoms with Crippen molar-refractivity contribution in [3.8, 4) is 0 Å². The molecule has 0 saturated heterocycles.